The van der Waals surface area contributed by atoms with Crippen molar-refractivity contribution in [3.63, 3.8) is 0 Å². The second-order valence-electron chi connectivity index (χ2n) is 5.80. The number of nitrogens with zero attached hydrogens (tertiary/aromatic N) is 3. The number of nitrogens with one attached hydrogen (secondary N) is 1. The predicted octanol–water partition coefficient (Wildman–Crippen LogP) is 2.74. The molecule has 0 unspecified atom stereocenters. The molecule has 1 aliphatic heterocycles. The Morgan fingerprint density at radius 1 is 1.28 bits per heavy atom. The fraction of sp³-hybridized carbons (Fsp3) is 0.294. The van der Waals surface area contributed by atoms with Crippen molar-refractivity contribution < 1.29 is 9.59 Å². The van der Waals surface area contributed by atoms with Gasteiger partial charge in [-0.25, -0.2) is 9.97 Å². The van der Waals surface area contributed by atoms with E-state index in [4.69, 9.17) is 0 Å². The maximum atomic E-state index is 12.1. The summed E-state index contributed by atoms with van der Waals surface area (Å²) < 4.78 is 1.12. The van der Waals surface area contributed by atoms with Gasteiger partial charge in [-0.05, 0) is 18.6 Å². The van der Waals surface area contributed by atoms with Crippen LogP contribution >= 0.6 is 22.7 Å². The van der Waals surface area contributed by atoms with E-state index in [0.717, 1.165) is 28.2 Å². The van der Waals surface area contributed by atoms with E-state index < -0.39 is 0 Å². The Kier molecular flexibility index (Phi) is 4.46. The highest BCUT2D eigenvalue weighted by Gasteiger charge is 2.24. The third-order valence-electron chi connectivity index (χ3n) is 3.96. The molecule has 128 valence electrons. The van der Waals surface area contributed by atoms with Gasteiger partial charge in [0.05, 0.1) is 28.9 Å². The third-order valence-corrected chi connectivity index (χ3v) is 5.91. The van der Waals surface area contributed by atoms with Crippen LogP contribution in [0.4, 0.5) is 5.13 Å². The molecule has 1 aromatic carbocycles. The molecule has 2 amide bonds. The van der Waals surface area contributed by atoms with E-state index in [1.54, 1.807) is 16.2 Å². The van der Waals surface area contributed by atoms with Crippen molar-refractivity contribution in [1.82, 2.24) is 15.3 Å². The van der Waals surface area contributed by atoms with Gasteiger partial charge in [0.1, 0.15) is 5.01 Å². The van der Waals surface area contributed by atoms with Gasteiger partial charge in [0.15, 0.2) is 5.13 Å². The van der Waals surface area contributed by atoms with E-state index in [2.05, 4.69) is 15.3 Å². The summed E-state index contributed by atoms with van der Waals surface area (Å²) in [7, 11) is 0. The number of benzene rings is 1. The molecule has 0 radical (unpaired) electrons. The summed E-state index contributed by atoms with van der Waals surface area (Å²) in [6, 6.07) is 7.92. The van der Waals surface area contributed by atoms with E-state index >= 15 is 0 Å². The zero-order valence-electron chi connectivity index (χ0n) is 13.4. The molecule has 25 heavy (non-hydrogen) atoms. The predicted molar refractivity (Wildman–Crippen MR) is 98.9 cm³/mol. The zero-order valence-corrected chi connectivity index (χ0v) is 15.0. The maximum Gasteiger partial charge on any atom is 0.228 e. The molecule has 1 N–H and O–H groups in total. The Labute approximate surface area is 152 Å². The van der Waals surface area contributed by atoms with Crippen molar-refractivity contribution in [3.8, 4) is 0 Å². The Balaban J connectivity index is 1.34. The monoisotopic (exact) mass is 372 g/mol. The largest absolute Gasteiger partial charge is 0.349 e. The minimum Gasteiger partial charge on any atom is -0.349 e. The highest BCUT2D eigenvalue weighted by molar-refractivity contribution is 7.18. The highest BCUT2D eigenvalue weighted by Crippen LogP contribution is 2.25. The van der Waals surface area contributed by atoms with Gasteiger partial charge in [-0.1, -0.05) is 12.1 Å². The summed E-state index contributed by atoms with van der Waals surface area (Å²) in [5, 5.41) is 6.31. The van der Waals surface area contributed by atoms with Crippen molar-refractivity contribution in [2.24, 2.45) is 0 Å². The molecule has 3 heterocycles. The van der Waals surface area contributed by atoms with Gasteiger partial charge in [-0.15, -0.1) is 22.7 Å². The van der Waals surface area contributed by atoms with Gasteiger partial charge in [0, 0.05) is 18.3 Å². The minimum atomic E-state index is -0.0937. The van der Waals surface area contributed by atoms with Gasteiger partial charge in [-0.2, -0.15) is 0 Å². The lowest BCUT2D eigenvalue weighted by atomic mass is 10.3. The Hall–Kier alpha value is -2.32. The number of hydrogen-bond donors (Lipinski definition) is 1. The van der Waals surface area contributed by atoms with Crippen LogP contribution in [0.5, 0.6) is 0 Å². The fourth-order valence-electron chi connectivity index (χ4n) is 2.75. The number of rotatable bonds is 5. The van der Waals surface area contributed by atoms with Crippen molar-refractivity contribution in [2.45, 2.75) is 25.8 Å². The number of anilines is 1. The Morgan fingerprint density at radius 3 is 2.96 bits per heavy atom. The van der Waals surface area contributed by atoms with Crippen LogP contribution in [0.25, 0.3) is 10.2 Å². The quantitative estimate of drug-likeness (QED) is 0.747. The van der Waals surface area contributed by atoms with E-state index in [-0.39, 0.29) is 18.2 Å². The smallest absolute Gasteiger partial charge is 0.228 e. The maximum absolute atomic E-state index is 12.1. The number of hydrogen-bond acceptors (Lipinski definition) is 6. The SMILES string of the molecule is O=C(Cc1csc(N2CCCC2=O)n1)NCc1nc2ccccc2s1. The molecule has 0 spiro atoms. The lowest BCUT2D eigenvalue weighted by Crippen LogP contribution is -2.25. The van der Waals surface area contributed by atoms with Crippen LogP contribution in [0.2, 0.25) is 0 Å². The molecule has 2 aromatic heterocycles. The summed E-state index contributed by atoms with van der Waals surface area (Å²) in [6.07, 6.45) is 1.66. The van der Waals surface area contributed by atoms with E-state index in [9.17, 15) is 9.59 Å². The number of fused-ring (bicyclic) bond motifs is 1. The first-order valence-corrected chi connectivity index (χ1v) is 9.74. The van der Waals surface area contributed by atoms with E-state index in [1.807, 2.05) is 29.6 Å². The molecule has 1 saturated heterocycles. The number of para-hydroxylation sites is 1. The zero-order chi connectivity index (χ0) is 17.2. The molecule has 4 rings (SSSR count). The molecule has 3 aromatic rings. The molecule has 8 heteroatoms. The molecule has 1 aliphatic rings. The number of carbonyl (C=O) groups excluding carboxylic acids is 2. The van der Waals surface area contributed by atoms with Gasteiger partial charge in [0.2, 0.25) is 11.8 Å². The second-order valence-corrected chi connectivity index (χ2v) is 7.75. The van der Waals surface area contributed by atoms with Gasteiger partial charge in [-0.3, -0.25) is 14.5 Å². The summed E-state index contributed by atoms with van der Waals surface area (Å²) in [5.41, 5.74) is 1.65. The first kappa shape index (κ1) is 16.2. The van der Waals surface area contributed by atoms with E-state index in [0.29, 0.717) is 23.8 Å². The summed E-state index contributed by atoms with van der Waals surface area (Å²) in [6.45, 7) is 1.13. The van der Waals surface area contributed by atoms with Gasteiger partial charge < -0.3 is 5.32 Å². The second kappa shape index (κ2) is 6.89. The summed E-state index contributed by atoms with van der Waals surface area (Å²) in [5.74, 6) is 0.0186. The van der Waals surface area contributed by atoms with Crippen molar-refractivity contribution in [2.75, 3.05) is 11.4 Å². The van der Waals surface area contributed by atoms with Crippen molar-refractivity contribution >= 4 is 49.8 Å². The fourth-order valence-corrected chi connectivity index (χ4v) is 4.52. The van der Waals surface area contributed by atoms with Crippen LogP contribution in [0, 0.1) is 0 Å². The molecule has 6 nitrogen and oxygen atoms in total. The molecular formula is C17H16N4O2S2. The van der Waals surface area contributed by atoms with Crippen LogP contribution in [-0.4, -0.2) is 28.3 Å². The topological polar surface area (TPSA) is 75.2 Å². The lowest BCUT2D eigenvalue weighted by molar-refractivity contribution is -0.120. The molecule has 0 bridgehead atoms. The van der Waals surface area contributed by atoms with Crippen LogP contribution in [0.1, 0.15) is 23.5 Å². The van der Waals surface area contributed by atoms with Crippen molar-refractivity contribution in [3.05, 3.63) is 40.3 Å². The van der Waals surface area contributed by atoms with Crippen LogP contribution in [0.3, 0.4) is 0 Å². The molecule has 0 aliphatic carbocycles. The van der Waals surface area contributed by atoms with Crippen LogP contribution < -0.4 is 10.2 Å². The molecular weight excluding hydrogens is 356 g/mol. The standard InChI is InChI=1S/C17H16N4O2S2/c22-14(18-9-15-20-12-4-1-2-5-13(12)25-15)8-11-10-24-17(19-11)21-7-3-6-16(21)23/h1-2,4-5,10H,3,6-9H2,(H,18,22). The normalized spacial score (nSPS) is 14.4. The number of amides is 2. The molecule has 1 fully saturated rings. The van der Waals surface area contributed by atoms with Crippen molar-refractivity contribution in [1.29, 1.82) is 0 Å². The Bertz CT molecular complexity index is 901. The number of carbonyl (C=O) groups is 2. The van der Waals surface area contributed by atoms with E-state index in [1.165, 1.54) is 11.3 Å². The first-order valence-electron chi connectivity index (χ1n) is 8.05. The molecule has 0 atom stereocenters. The van der Waals surface area contributed by atoms with Crippen LogP contribution in [-0.2, 0) is 22.6 Å². The minimum absolute atomic E-state index is 0.0937. The third kappa shape index (κ3) is 3.54. The lowest BCUT2D eigenvalue weighted by Gasteiger charge is -2.10. The Morgan fingerprint density at radius 2 is 2.16 bits per heavy atom. The van der Waals surface area contributed by atoms with Gasteiger partial charge >= 0.3 is 0 Å². The highest BCUT2D eigenvalue weighted by atomic mass is 32.1. The average molecular weight is 372 g/mol. The van der Waals surface area contributed by atoms with Gasteiger partial charge in [0.25, 0.3) is 0 Å². The average Bonchev–Trinajstić information content (AvgIpc) is 3.31. The number of thiazole rings is 2. The summed E-state index contributed by atoms with van der Waals surface area (Å²) in [4.78, 5) is 34.5. The first-order chi connectivity index (χ1) is 12.2. The van der Waals surface area contributed by atoms with Crippen LogP contribution in [0.15, 0.2) is 29.6 Å². The summed E-state index contributed by atoms with van der Waals surface area (Å²) >= 11 is 3.00. The number of aromatic nitrogens is 2. The molecule has 0 saturated carbocycles.